The highest BCUT2D eigenvalue weighted by atomic mass is 16.6. The summed E-state index contributed by atoms with van der Waals surface area (Å²) >= 11 is 0. The average Bonchev–Trinajstić information content (AvgIpc) is 3.36. The molecular formula is C21H24N4O7. The molecule has 0 radical (unpaired) electrons. The summed E-state index contributed by atoms with van der Waals surface area (Å²) in [5, 5.41) is 42.3. The third kappa shape index (κ3) is 5.63. The molecule has 0 bridgehead atoms. The molecule has 1 saturated heterocycles. The standard InChI is InChI=1S/C21H24N4O7/c22-16(8-13-3-5-15(27)6-4-13)21(29)23-7-1-2-14-9-19(25(30)31)24(11-14)20-10-17(28)18(12-26)32-20/h3-6,9,11,16-18,20,26-28H,7-8,10,12,22H2,(H,23,29)/t16-,17-,18+,20+/m0/s1. The van der Waals surface area contributed by atoms with Crippen LogP contribution >= 0.6 is 0 Å². The summed E-state index contributed by atoms with van der Waals surface area (Å²) < 4.78 is 6.74. The Labute approximate surface area is 183 Å². The molecule has 1 amide bonds. The van der Waals surface area contributed by atoms with E-state index in [2.05, 4.69) is 17.2 Å². The third-order valence-corrected chi connectivity index (χ3v) is 5.02. The maximum Gasteiger partial charge on any atom is 0.326 e. The van der Waals surface area contributed by atoms with E-state index in [-0.39, 0.29) is 31.0 Å². The van der Waals surface area contributed by atoms with Crippen LogP contribution < -0.4 is 11.1 Å². The van der Waals surface area contributed by atoms with Crippen molar-refractivity contribution in [3.63, 3.8) is 0 Å². The molecule has 0 unspecified atom stereocenters. The van der Waals surface area contributed by atoms with E-state index >= 15 is 0 Å². The van der Waals surface area contributed by atoms with Crippen molar-refractivity contribution < 1.29 is 29.8 Å². The Kier molecular flexibility index (Phi) is 7.45. The number of nitrogens with one attached hydrogen (secondary N) is 1. The van der Waals surface area contributed by atoms with Crippen molar-refractivity contribution >= 4 is 11.7 Å². The predicted octanol–water partition coefficient (Wildman–Crippen LogP) is -0.220. The number of amides is 1. The summed E-state index contributed by atoms with van der Waals surface area (Å²) in [4.78, 5) is 22.9. The molecule has 1 aliphatic heterocycles. The molecule has 4 atom stereocenters. The number of hydrogen-bond acceptors (Lipinski definition) is 8. The molecule has 6 N–H and O–H groups in total. The van der Waals surface area contributed by atoms with Crippen LogP contribution in [0, 0.1) is 22.0 Å². The van der Waals surface area contributed by atoms with Crippen LogP contribution in [-0.4, -0.2) is 62.1 Å². The smallest absolute Gasteiger partial charge is 0.326 e. The number of aliphatic hydroxyl groups excluding tert-OH is 2. The lowest BCUT2D eigenvalue weighted by atomic mass is 10.1. The molecule has 170 valence electrons. The van der Waals surface area contributed by atoms with E-state index in [1.807, 2.05) is 0 Å². The van der Waals surface area contributed by atoms with Crippen molar-refractivity contribution in [2.45, 2.75) is 37.3 Å². The number of nitrogens with zero attached hydrogens (tertiary/aromatic N) is 2. The molecule has 11 heteroatoms. The predicted molar refractivity (Wildman–Crippen MR) is 112 cm³/mol. The molecule has 32 heavy (non-hydrogen) atoms. The number of aliphatic hydroxyl groups is 2. The second-order valence-electron chi connectivity index (χ2n) is 7.36. The minimum atomic E-state index is -0.928. The number of phenols is 1. The fourth-order valence-corrected chi connectivity index (χ4v) is 3.35. The van der Waals surface area contributed by atoms with Gasteiger partial charge in [-0.05, 0) is 29.0 Å². The molecule has 2 heterocycles. The van der Waals surface area contributed by atoms with E-state index in [0.717, 1.165) is 5.56 Å². The topological polar surface area (TPSA) is 173 Å². The lowest BCUT2D eigenvalue weighted by molar-refractivity contribution is -0.393. The van der Waals surface area contributed by atoms with Gasteiger partial charge in [-0.2, -0.15) is 0 Å². The van der Waals surface area contributed by atoms with Gasteiger partial charge in [0.25, 0.3) is 0 Å². The van der Waals surface area contributed by atoms with E-state index in [9.17, 15) is 30.2 Å². The van der Waals surface area contributed by atoms with Crippen molar-refractivity contribution in [3.05, 3.63) is 57.8 Å². The first-order valence-corrected chi connectivity index (χ1v) is 9.89. The van der Waals surface area contributed by atoms with E-state index < -0.39 is 41.9 Å². The molecule has 1 aromatic heterocycles. The fourth-order valence-electron chi connectivity index (χ4n) is 3.35. The SMILES string of the molecule is N[C@@H](Cc1ccc(O)cc1)C(=O)NCC#Cc1cc([N+](=O)[O-])n([C@H]2C[C@H](O)[C@@H](CO)O2)c1. The number of nitrogens with two attached hydrogens (primary N) is 1. The zero-order valence-electron chi connectivity index (χ0n) is 17.0. The van der Waals surface area contributed by atoms with Crippen LogP contribution in [0.25, 0.3) is 0 Å². The van der Waals surface area contributed by atoms with Gasteiger partial charge in [0.15, 0.2) is 0 Å². The van der Waals surface area contributed by atoms with E-state index in [0.29, 0.717) is 5.56 Å². The minimum Gasteiger partial charge on any atom is -0.508 e. The molecule has 1 aromatic carbocycles. The quantitative estimate of drug-likeness (QED) is 0.221. The minimum absolute atomic E-state index is 0.00762. The monoisotopic (exact) mass is 444 g/mol. The number of nitro groups is 1. The first-order chi connectivity index (χ1) is 15.3. The number of aromatic nitrogens is 1. The zero-order chi connectivity index (χ0) is 23.3. The molecule has 0 spiro atoms. The highest BCUT2D eigenvalue weighted by Crippen LogP contribution is 2.33. The summed E-state index contributed by atoms with van der Waals surface area (Å²) in [6.45, 7) is -0.402. The number of aromatic hydroxyl groups is 1. The van der Waals surface area contributed by atoms with E-state index in [1.54, 1.807) is 12.1 Å². The van der Waals surface area contributed by atoms with E-state index in [1.165, 1.54) is 29.0 Å². The summed E-state index contributed by atoms with van der Waals surface area (Å²) in [6.07, 6.45) is -0.712. The summed E-state index contributed by atoms with van der Waals surface area (Å²) in [5.74, 6) is 4.93. The molecule has 0 saturated carbocycles. The lowest BCUT2D eigenvalue weighted by Gasteiger charge is -2.11. The number of ether oxygens (including phenoxy) is 1. The van der Waals surface area contributed by atoms with Crippen molar-refractivity contribution in [1.29, 1.82) is 0 Å². The number of carbonyl (C=O) groups is 1. The second kappa shape index (κ2) is 10.3. The highest BCUT2D eigenvalue weighted by Gasteiger charge is 2.39. The van der Waals surface area contributed by atoms with E-state index in [4.69, 9.17) is 10.5 Å². The van der Waals surface area contributed by atoms with Gasteiger partial charge < -0.3 is 41.2 Å². The first-order valence-electron chi connectivity index (χ1n) is 9.89. The van der Waals surface area contributed by atoms with Gasteiger partial charge in [0, 0.05) is 6.42 Å². The fraction of sp³-hybridized carbons (Fsp3) is 0.381. The molecule has 0 aliphatic carbocycles. The van der Waals surface area contributed by atoms with Crippen LogP contribution in [0.5, 0.6) is 5.75 Å². The first kappa shape index (κ1) is 23.2. The Morgan fingerprint density at radius 3 is 2.75 bits per heavy atom. The van der Waals surface area contributed by atoms with Crippen LogP contribution in [0.1, 0.15) is 23.8 Å². The Hall–Kier alpha value is -3.43. The van der Waals surface area contributed by atoms with Crippen LogP contribution in [0.2, 0.25) is 0 Å². The maximum absolute atomic E-state index is 12.1. The van der Waals surface area contributed by atoms with Crippen LogP contribution in [0.4, 0.5) is 5.82 Å². The van der Waals surface area contributed by atoms with Gasteiger partial charge >= 0.3 is 5.82 Å². The number of hydrogen-bond donors (Lipinski definition) is 5. The number of rotatable bonds is 7. The summed E-state index contributed by atoms with van der Waals surface area (Å²) in [5.41, 5.74) is 7.02. The second-order valence-corrected chi connectivity index (χ2v) is 7.36. The number of benzene rings is 1. The van der Waals surface area contributed by atoms with Gasteiger partial charge in [0.05, 0.1) is 36.9 Å². The normalized spacial score (nSPS) is 20.9. The van der Waals surface area contributed by atoms with Crippen LogP contribution in [0.3, 0.4) is 0 Å². The largest absolute Gasteiger partial charge is 0.508 e. The number of phenolic OH excluding ortho intramolecular Hbond substituents is 1. The van der Waals surface area contributed by atoms with Crippen molar-refractivity contribution in [2.24, 2.45) is 5.73 Å². The summed E-state index contributed by atoms with van der Waals surface area (Å²) in [6, 6.07) is 6.85. The van der Waals surface area contributed by atoms with Crippen molar-refractivity contribution in [3.8, 4) is 17.6 Å². The molecule has 1 aliphatic rings. The van der Waals surface area contributed by atoms with Crippen LogP contribution in [0.15, 0.2) is 36.5 Å². The highest BCUT2D eigenvalue weighted by molar-refractivity contribution is 5.82. The molecule has 3 rings (SSSR count). The Balaban J connectivity index is 1.58. The molecule has 11 nitrogen and oxygen atoms in total. The van der Waals surface area contributed by atoms with Crippen molar-refractivity contribution in [1.82, 2.24) is 9.88 Å². The Bertz CT molecular complexity index is 1030. The summed E-state index contributed by atoms with van der Waals surface area (Å²) in [7, 11) is 0. The maximum atomic E-state index is 12.1. The Morgan fingerprint density at radius 1 is 1.41 bits per heavy atom. The van der Waals surface area contributed by atoms with Gasteiger partial charge in [-0.25, -0.2) is 4.57 Å². The van der Waals surface area contributed by atoms with Crippen molar-refractivity contribution in [2.75, 3.05) is 13.2 Å². The number of carbonyl (C=O) groups excluding carboxylic acids is 1. The van der Waals surface area contributed by atoms with Gasteiger partial charge in [0.2, 0.25) is 12.1 Å². The van der Waals surface area contributed by atoms with Gasteiger partial charge in [-0.15, -0.1) is 0 Å². The Morgan fingerprint density at radius 2 is 2.12 bits per heavy atom. The average molecular weight is 444 g/mol. The third-order valence-electron chi connectivity index (χ3n) is 5.02. The van der Waals surface area contributed by atoms with Crippen LogP contribution in [-0.2, 0) is 16.0 Å². The van der Waals surface area contributed by atoms with Gasteiger partial charge in [-0.1, -0.05) is 24.0 Å². The zero-order valence-corrected chi connectivity index (χ0v) is 17.0. The van der Waals surface area contributed by atoms with Gasteiger partial charge in [0.1, 0.15) is 18.1 Å². The van der Waals surface area contributed by atoms with Gasteiger partial charge in [-0.3, -0.25) is 4.79 Å². The molecule has 2 aromatic rings. The molecule has 1 fully saturated rings. The lowest BCUT2D eigenvalue weighted by Crippen LogP contribution is -2.42. The molecular weight excluding hydrogens is 420 g/mol.